The molecule has 1 saturated carbocycles. The number of amides is 2. The van der Waals surface area contributed by atoms with Crippen LogP contribution in [0.25, 0.3) is 0 Å². The molecule has 24 heavy (non-hydrogen) atoms. The highest BCUT2D eigenvalue weighted by Gasteiger charge is 2.29. The fourth-order valence-electron chi connectivity index (χ4n) is 2.15. The fraction of sp³-hybridized carbons (Fsp3) is 0.222. The van der Waals surface area contributed by atoms with Crippen molar-refractivity contribution in [2.24, 2.45) is 11.0 Å². The Morgan fingerprint density at radius 1 is 1.04 bits per heavy atom. The third-order valence-corrected chi connectivity index (χ3v) is 3.79. The first-order valence-electron chi connectivity index (χ1n) is 7.79. The summed E-state index contributed by atoms with van der Waals surface area (Å²) >= 11 is 0. The van der Waals surface area contributed by atoms with Gasteiger partial charge in [-0.1, -0.05) is 12.1 Å². The number of carbonyl (C=O) groups excluding carboxylic acids is 2. The van der Waals surface area contributed by atoms with Crippen LogP contribution < -0.4 is 10.7 Å². The molecule has 0 unspecified atom stereocenters. The molecule has 0 radical (unpaired) electrons. The predicted octanol–water partition coefficient (Wildman–Crippen LogP) is 2.58. The highest BCUT2D eigenvalue weighted by Crippen LogP contribution is 2.30. The summed E-state index contributed by atoms with van der Waals surface area (Å²) < 4.78 is 0. The molecule has 0 spiro atoms. The normalized spacial score (nSPS) is 14.1. The number of carbonyl (C=O) groups is 2. The van der Waals surface area contributed by atoms with Crippen LogP contribution >= 0.6 is 0 Å². The third-order valence-electron chi connectivity index (χ3n) is 3.79. The number of anilines is 1. The van der Waals surface area contributed by atoms with Crippen molar-refractivity contribution < 1.29 is 9.59 Å². The number of aromatic nitrogens is 1. The molecule has 3 rings (SSSR count). The second-order valence-corrected chi connectivity index (χ2v) is 5.71. The van der Waals surface area contributed by atoms with Gasteiger partial charge in [0.1, 0.15) is 0 Å². The van der Waals surface area contributed by atoms with Crippen LogP contribution in [-0.4, -0.2) is 22.5 Å². The number of nitrogens with zero attached hydrogens (tertiary/aromatic N) is 2. The van der Waals surface area contributed by atoms with Crippen LogP contribution in [0.4, 0.5) is 5.69 Å². The molecule has 2 N–H and O–H groups in total. The molecule has 1 fully saturated rings. The third kappa shape index (κ3) is 4.04. The van der Waals surface area contributed by atoms with E-state index in [1.54, 1.807) is 24.5 Å². The van der Waals surface area contributed by atoms with Gasteiger partial charge in [0.25, 0.3) is 5.91 Å². The minimum absolute atomic E-state index is 0.0813. The molecule has 0 atom stereocenters. The minimum Gasteiger partial charge on any atom is -0.326 e. The molecular formula is C18H18N4O2. The Kier molecular flexibility index (Phi) is 4.65. The maximum Gasteiger partial charge on any atom is 0.271 e. The summed E-state index contributed by atoms with van der Waals surface area (Å²) in [5.74, 6) is -0.0285. The van der Waals surface area contributed by atoms with Crippen molar-refractivity contribution >= 4 is 23.2 Å². The number of nitrogens with one attached hydrogen (secondary N) is 2. The van der Waals surface area contributed by atoms with Gasteiger partial charge in [0, 0.05) is 29.6 Å². The van der Waals surface area contributed by atoms with Crippen LogP contribution in [0.5, 0.6) is 0 Å². The summed E-state index contributed by atoms with van der Waals surface area (Å²) in [7, 11) is 0. The number of hydrazone groups is 1. The van der Waals surface area contributed by atoms with Crippen LogP contribution in [-0.2, 0) is 4.79 Å². The standard InChI is InChI=1S/C18H18N4O2/c1-12(21-22-18(24)15-8-10-19-11-9-15)13-4-6-16(7-5-13)20-17(23)14-2-3-14/h4-11,14H,2-3H2,1H3,(H,20,23)(H,22,24). The maximum absolute atomic E-state index is 11.9. The van der Waals surface area contributed by atoms with Gasteiger partial charge in [-0.3, -0.25) is 14.6 Å². The van der Waals surface area contributed by atoms with Gasteiger partial charge in [0.2, 0.25) is 5.91 Å². The summed E-state index contributed by atoms with van der Waals surface area (Å²) in [6, 6.07) is 10.6. The van der Waals surface area contributed by atoms with Crippen LogP contribution in [0, 0.1) is 5.92 Å². The molecule has 1 aromatic heterocycles. The molecule has 122 valence electrons. The van der Waals surface area contributed by atoms with E-state index >= 15 is 0 Å². The van der Waals surface area contributed by atoms with E-state index < -0.39 is 0 Å². The smallest absolute Gasteiger partial charge is 0.271 e. The van der Waals surface area contributed by atoms with Crippen molar-refractivity contribution in [1.29, 1.82) is 0 Å². The molecular weight excluding hydrogens is 304 g/mol. The van der Waals surface area contributed by atoms with E-state index in [0.717, 1.165) is 24.1 Å². The van der Waals surface area contributed by atoms with E-state index in [1.807, 2.05) is 31.2 Å². The average molecular weight is 322 g/mol. The second-order valence-electron chi connectivity index (χ2n) is 5.71. The van der Waals surface area contributed by atoms with Crippen LogP contribution in [0.1, 0.15) is 35.7 Å². The number of rotatable bonds is 5. The number of hydrogen-bond donors (Lipinski definition) is 2. The van der Waals surface area contributed by atoms with E-state index in [1.165, 1.54) is 0 Å². The quantitative estimate of drug-likeness (QED) is 0.655. The van der Waals surface area contributed by atoms with Gasteiger partial charge in [0.15, 0.2) is 0 Å². The Balaban J connectivity index is 1.60. The molecule has 2 aromatic rings. The van der Waals surface area contributed by atoms with Crippen LogP contribution in [0.2, 0.25) is 0 Å². The Labute approximate surface area is 140 Å². The Hall–Kier alpha value is -3.02. The van der Waals surface area contributed by atoms with Gasteiger partial charge in [-0.05, 0) is 49.6 Å². The SMILES string of the molecule is CC(=NNC(=O)c1ccncc1)c1ccc(NC(=O)C2CC2)cc1. The van der Waals surface area contributed by atoms with Gasteiger partial charge < -0.3 is 5.32 Å². The zero-order valence-electron chi connectivity index (χ0n) is 13.3. The van der Waals surface area contributed by atoms with E-state index in [2.05, 4.69) is 20.8 Å². The summed E-state index contributed by atoms with van der Waals surface area (Å²) in [6.45, 7) is 1.81. The highest BCUT2D eigenvalue weighted by molar-refractivity contribution is 6.01. The molecule has 0 aliphatic heterocycles. The van der Waals surface area contributed by atoms with Crippen LogP contribution in [0.3, 0.4) is 0 Å². The maximum atomic E-state index is 11.9. The molecule has 1 aliphatic rings. The van der Waals surface area contributed by atoms with Crippen molar-refractivity contribution in [2.75, 3.05) is 5.32 Å². The lowest BCUT2D eigenvalue weighted by atomic mass is 10.1. The van der Waals surface area contributed by atoms with Crippen molar-refractivity contribution in [3.05, 3.63) is 59.9 Å². The predicted molar refractivity (Wildman–Crippen MR) is 91.7 cm³/mol. The Bertz CT molecular complexity index is 765. The van der Waals surface area contributed by atoms with Gasteiger partial charge >= 0.3 is 0 Å². The highest BCUT2D eigenvalue weighted by atomic mass is 16.2. The van der Waals surface area contributed by atoms with Gasteiger partial charge in [-0.25, -0.2) is 5.43 Å². The number of pyridine rings is 1. The molecule has 6 heteroatoms. The summed E-state index contributed by atoms with van der Waals surface area (Å²) in [6.07, 6.45) is 5.07. The molecule has 6 nitrogen and oxygen atoms in total. The molecule has 1 heterocycles. The lowest BCUT2D eigenvalue weighted by Crippen LogP contribution is -2.19. The number of hydrogen-bond acceptors (Lipinski definition) is 4. The van der Waals surface area contributed by atoms with Crippen molar-refractivity contribution in [2.45, 2.75) is 19.8 Å². The first-order chi connectivity index (χ1) is 11.6. The minimum atomic E-state index is -0.287. The lowest BCUT2D eigenvalue weighted by Gasteiger charge is -2.06. The van der Waals surface area contributed by atoms with Crippen molar-refractivity contribution in [1.82, 2.24) is 10.4 Å². The lowest BCUT2D eigenvalue weighted by molar-refractivity contribution is -0.117. The molecule has 0 bridgehead atoms. The molecule has 1 aliphatic carbocycles. The topological polar surface area (TPSA) is 83.4 Å². The molecule has 0 saturated heterocycles. The number of benzene rings is 1. The molecule has 1 aromatic carbocycles. The van der Waals surface area contributed by atoms with Crippen molar-refractivity contribution in [3.8, 4) is 0 Å². The van der Waals surface area contributed by atoms with Crippen molar-refractivity contribution in [3.63, 3.8) is 0 Å². The first kappa shape index (κ1) is 15.9. The van der Waals surface area contributed by atoms with E-state index in [4.69, 9.17) is 0 Å². The van der Waals surface area contributed by atoms with Crippen LogP contribution in [0.15, 0.2) is 53.9 Å². The Morgan fingerprint density at radius 3 is 2.33 bits per heavy atom. The fourth-order valence-corrected chi connectivity index (χ4v) is 2.15. The van der Waals surface area contributed by atoms with Gasteiger partial charge in [-0.15, -0.1) is 0 Å². The monoisotopic (exact) mass is 322 g/mol. The van der Waals surface area contributed by atoms with Gasteiger partial charge in [0.05, 0.1) is 5.71 Å². The average Bonchev–Trinajstić information content (AvgIpc) is 3.46. The van der Waals surface area contributed by atoms with E-state index in [9.17, 15) is 9.59 Å². The zero-order valence-corrected chi connectivity index (χ0v) is 13.3. The first-order valence-corrected chi connectivity index (χ1v) is 7.79. The largest absolute Gasteiger partial charge is 0.326 e. The van der Waals surface area contributed by atoms with Gasteiger partial charge in [-0.2, -0.15) is 5.10 Å². The summed E-state index contributed by atoms with van der Waals surface area (Å²) in [5.41, 5.74) is 5.33. The zero-order chi connectivity index (χ0) is 16.9. The van der Waals surface area contributed by atoms with E-state index in [0.29, 0.717) is 11.3 Å². The Morgan fingerprint density at radius 2 is 1.71 bits per heavy atom. The summed E-state index contributed by atoms with van der Waals surface area (Å²) in [5, 5.41) is 7.00. The molecule has 2 amide bonds. The van der Waals surface area contributed by atoms with E-state index in [-0.39, 0.29) is 17.7 Å². The summed E-state index contributed by atoms with van der Waals surface area (Å²) in [4.78, 5) is 27.5. The second kappa shape index (κ2) is 7.04.